The molecular formula is C16H16N2S2. The molecule has 0 saturated heterocycles. The molecule has 1 N–H and O–H groups in total. The van der Waals surface area contributed by atoms with E-state index in [4.69, 9.17) is 0 Å². The normalized spacial score (nSPS) is 10.7. The van der Waals surface area contributed by atoms with Gasteiger partial charge in [0.1, 0.15) is 0 Å². The summed E-state index contributed by atoms with van der Waals surface area (Å²) >= 11 is 3.55. The minimum absolute atomic E-state index is 0.833. The van der Waals surface area contributed by atoms with Crippen LogP contribution in [0.25, 0.3) is 10.4 Å². The van der Waals surface area contributed by atoms with Crippen molar-refractivity contribution in [2.24, 2.45) is 0 Å². The van der Waals surface area contributed by atoms with Gasteiger partial charge in [0.15, 0.2) is 0 Å². The molecule has 0 radical (unpaired) electrons. The zero-order chi connectivity index (χ0) is 13.8. The maximum absolute atomic E-state index is 4.40. The van der Waals surface area contributed by atoms with Crippen molar-refractivity contribution >= 4 is 28.4 Å². The highest BCUT2D eigenvalue weighted by Crippen LogP contribution is 2.31. The van der Waals surface area contributed by atoms with E-state index in [1.165, 1.54) is 26.0 Å². The SMILES string of the molecule is CCc1ncc(CNc2ccccc2-c2cccs2)s1. The van der Waals surface area contributed by atoms with Gasteiger partial charge in [-0.1, -0.05) is 31.2 Å². The number of benzene rings is 1. The summed E-state index contributed by atoms with van der Waals surface area (Å²) in [6.45, 7) is 2.97. The third kappa shape index (κ3) is 2.92. The predicted octanol–water partition coefficient (Wildman–Crippen LogP) is 5.05. The minimum Gasteiger partial charge on any atom is -0.380 e. The van der Waals surface area contributed by atoms with Crippen molar-refractivity contribution in [2.75, 3.05) is 5.32 Å². The smallest absolute Gasteiger partial charge is 0.0925 e. The standard InChI is InChI=1S/C16H16N2S2/c1-2-16-18-11-12(20-16)10-17-14-7-4-3-6-13(14)15-8-5-9-19-15/h3-9,11,17H,2,10H2,1H3. The summed E-state index contributed by atoms with van der Waals surface area (Å²) in [7, 11) is 0. The maximum atomic E-state index is 4.40. The molecule has 0 unspecified atom stereocenters. The lowest BCUT2D eigenvalue weighted by Gasteiger charge is -2.09. The number of hydrogen-bond donors (Lipinski definition) is 1. The van der Waals surface area contributed by atoms with Crippen LogP contribution in [-0.4, -0.2) is 4.98 Å². The fourth-order valence-corrected chi connectivity index (χ4v) is 3.63. The highest BCUT2D eigenvalue weighted by atomic mass is 32.1. The number of para-hydroxylation sites is 1. The Hall–Kier alpha value is -1.65. The first-order valence-corrected chi connectivity index (χ1v) is 8.37. The van der Waals surface area contributed by atoms with E-state index in [1.54, 1.807) is 22.7 Å². The second kappa shape index (κ2) is 6.20. The molecule has 2 aromatic heterocycles. The van der Waals surface area contributed by atoms with Crippen molar-refractivity contribution in [2.45, 2.75) is 19.9 Å². The third-order valence-electron chi connectivity index (χ3n) is 3.07. The Balaban J connectivity index is 1.77. The van der Waals surface area contributed by atoms with Crippen LogP contribution in [0.5, 0.6) is 0 Å². The molecule has 20 heavy (non-hydrogen) atoms. The summed E-state index contributed by atoms with van der Waals surface area (Å²) in [6, 6.07) is 12.7. The predicted molar refractivity (Wildman–Crippen MR) is 88.6 cm³/mol. The van der Waals surface area contributed by atoms with Crippen LogP contribution in [0.3, 0.4) is 0 Å². The van der Waals surface area contributed by atoms with Crippen LogP contribution in [0.15, 0.2) is 48.0 Å². The molecule has 2 nitrogen and oxygen atoms in total. The van der Waals surface area contributed by atoms with Crippen molar-refractivity contribution in [1.29, 1.82) is 0 Å². The number of rotatable bonds is 5. The molecule has 2 heterocycles. The summed E-state index contributed by atoms with van der Waals surface area (Å²) < 4.78 is 0. The number of nitrogens with zero attached hydrogens (tertiary/aromatic N) is 1. The Morgan fingerprint density at radius 2 is 2.05 bits per heavy atom. The molecule has 0 aliphatic heterocycles. The van der Waals surface area contributed by atoms with Gasteiger partial charge in [0.2, 0.25) is 0 Å². The molecule has 3 aromatic rings. The van der Waals surface area contributed by atoms with Gasteiger partial charge in [0.05, 0.1) is 11.6 Å². The zero-order valence-electron chi connectivity index (χ0n) is 11.3. The van der Waals surface area contributed by atoms with Crippen LogP contribution >= 0.6 is 22.7 Å². The van der Waals surface area contributed by atoms with E-state index in [1.807, 2.05) is 6.20 Å². The molecule has 102 valence electrons. The van der Waals surface area contributed by atoms with Gasteiger partial charge in [-0.05, 0) is 23.9 Å². The van der Waals surface area contributed by atoms with Gasteiger partial charge in [-0.15, -0.1) is 22.7 Å². The molecule has 0 amide bonds. The van der Waals surface area contributed by atoms with Crippen molar-refractivity contribution in [1.82, 2.24) is 4.98 Å². The lowest BCUT2D eigenvalue weighted by atomic mass is 10.1. The van der Waals surface area contributed by atoms with Gasteiger partial charge < -0.3 is 5.32 Å². The maximum Gasteiger partial charge on any atom is 0.0925 e. The lowest BCUT2D eigenvalue weighted by molar-refractivity contribution is 1.09. The number of aryl methyl sites for hydroxylation is 1. The van der Waals surface area contributed by atoms with Crippen molar-refractivity contribution in [3.05, 3.63) is 57.9 Å². The summed E-state index contributed by atoms with van der Waals surface area (Å²) in [5.41, 5.74) is 2.45. The van der Waals surface area contributed by atoms with Gasteiger partial charge in [0.25, 0.3) is 0 Å². The number of thiophene rings is 1. The number of anilines is 1. The van der Waals surface area contributed by atoms with Gasteiger partial charge in [0, 0.05) is 27.2 Å². The average Bonchev–Trinajstić information content (AvgIpc) is 3.17. The quantitative estimate of drug-likeness (QED) is 0.713. The monoisotopic (exact) mass is 300 g/mol. The summed E-state index contributed by atoms with van der Waals surface area (Å²) in [6.07, 6.45) is 2.99. The number of hydrogen-bond acceptors (Lipinski definition) is 4. The molecule has 0 bridgehead atoms. The number of nitrogens with one attached hydrogen (secondary N) is 1. The van der Waals surface area contributed by atoms with Crippen LogP contribution in [0.4, 0.5) is 5.69 Å². The van der Waals surface area contributed by atoms with Crippen LogP contribution in [0.2, 0.25) is 0 Å². The number of aromatic nitrogens is 1. The fraction of sp³-hybridized carbons (Fsp3) is 0.188. The van der Waals surface area contributed by atoms with Gasteiger partial charge in [-0.25, -0.2) is 4.98 Å². The highest BCUT2D eigenvalue weighted by molar-refractivity contribution is 7.13. The first kappa shape index (κ1) is 13.3. The summed E-state index contributed by atoms with van der Waals surface area (Å²) in [5, 5.41) is 6.85. The Morgan fingerprint density at radius 3 is 2.80 bits per heavy atom. The topological polar surface area (TPSA) is 24.9 Å². The summed E-state index contributed by atoms with van der Waals surface area (Å²) in [4.78, 5) is 6.98. The van der Waals surface area contributed by atoms with Crippen LogP contribution < -0.4 is 5.32 Å². The van der Waals surface area contributed by atoms with E-state index in [9.17, 15) is 0 Å². The molecule has 0 saturated carbocycles. The second-order valence-corrected chi connectivity index (χ2v) is 6.60. The van der Waals surface area contributed by atoms with Gasteiger partial charge in [-0.3, -0.25) is 0 Å². The van der Waals surface area contributed by atoms with E-state index >= 15 is 0 Å². The Morgan fingerprint density at radius 1 is 1.15 bits per heavy atom. The Bertz CT molecular complexity index is 671. The molecule has 0 aliphatic rings. The Labute approximate surface area is 127 Å². The zero-order valence-corrected chi connectivity index (χ0v) is 12.9. The molecule has 0 fully saturated rings. The second-order valence-electron chi connectivity index (χ2n) is 4.45. The first-order chi connectivity index (χ1) is 9.86. The van der Waals surface area contributed by atoms with Crippen LogP contribution in [0, 0.1) is 0 Å². The van der Waals surface area contributed by atoms with Crippen LogP contribution in [-0.2, 0) is 13.0 Å². The van der Waals surface area contributed by atoms with E-state index in [2.05, 4.69) is 59.0 Å². The average molecular weight is 300 g/mol. The third-order valence-corrected chi connectivity index (χ3v) is 5.12. The fourth-order valence-electron chi connectivity index (χ4n) is 2.06. The van der Waals surface area contributed by atoms with Crippen LogP contribution in [0.1, 0.15) is 16.8 Å². The summed E-state index contributed by atoms with van der Waals surface area (Å²) in [5.74, 6) is 0. The molecule has 0 atom stereocenters. The van der Waals surface area contributed by atoms with Crippen molar-refractivity contribution < 1.29 is 0 Å². The van der Waals surface area contributed by atoms with E-state index in [0.717, 1.165) is 13.0 Å². The molecule has 3 rings (SSSR count). The molecule has 0 aliphatic carbocycles. The molecular weight excluding hydrogens is 284 g/mol. The minimum atomic E-state index is 0.833. The first-order valence-electron chi connectivity index (χ1n) is 6.67. The van der Waals surface area contributed by atoms with Crippen molar-refractivity contribution in [3.63, 3.8) is 0 Å². The van der Waals surface area contributed by atoms with E-state index in [0.29, 0.717) is 0 Å². The lowest BCUT2D eigenvalue weighted by Crippen LogP contribution is -1.98. The van der Waals surface area contributed by atoms with E-state index < -0.39 is 0 Å². The Kier molecular flexibility index (Phi) is 4.14. The van der Waals surface area contributed by atoms with Gasteiger partial charge >= 0.3 is 0 Å². The van der Waals surface area contributed by atoms with E-state index in [-0.39, 0.29) is 0 Å². The molecule has 4 heteroatoms. The molecule has 0 spiro atoms. The highest BCUT2D eigenvalue weighted by Gasteiger charge is 2.06. The number of thiazole rings is 1. The van der Waals surface area contributed by atoms with Gasteiger partial charge in [-0.2, -0.15) is 0 Å². The largest absolute Gasteiger partial charge is 0.380 e. The van der Waals surface area contributed by atoms with Crippen molar-refractivity contribution in [3.8, 4) is 10.4 Å². The molecule has 1 aromatic carbocycles.